The van der Waals surface area contributed by atoms with E-state index in [4.69, 9.17) is 16.3 Å². The molecule has 3 aromatic heterocycles. The molecule has 1 saturated heterocycles. The number of carbonyl (C=O) groups excluding carboxylic acids is 1. The molecule has 4 aromatic rings. The van der Waals surface area contributed by atoms with Crippen LogP contribution in [0.3, 0.4) is 0 Å². The van der Waals surface area contributed by atoms with Crippen molar-refractivity contribution in [2.45, 2.75) is 6.54 Å². The van der Waals surface area contributed by atoms with E-state index in [1.807, 2.05) is 6.07 Å². The van der Waals surface area contributed by atoms with Gasteiger partial charge in [-0.3, -0.25) is 19.5 Å². The number of amides is 1. The van der Waals surface area contributed by atoms with E-state index >= 15 is 0 Å². The van der Waals surface area contributed by atoms with Crippen molar-refractivity contribution in [1.82, 2.24) is 25.1 Å². The number of aromatic nitrogens is 4. The molecule has 0 bridgehead atoms. The van der Waals surface area contributed by atoms with Gasteiger partial charge in [-0.2, -0.15) is 5.10 Å². The Bertz CT molecular complexity index is 1530. The zero-order chi connectivity index (χ0) is 25.3. The van der Waals surface area contributed by atoms with Crippen LogP contribution in [0.15, 0.2) is 36.0 Å². The first-order valence-corrected chi connectivity index (χ1v) is 14.1. The second-order valence-electron chi connectivity index (χ2n) is 8.26. The number of morpholine rings is 1. The zero-order valence-electron chi connectivity index (χ0n) is 19.1. The molecular weight excluding hydrogens is 526 g/mol. The van der Waals surface area contributed by atoms with Crippen molar-refractivity contribution in [2.75, 3.05) is 42.6 Å². The van der Waals surface area contributed by atoms with Gasteiger partial charge in [-0.15, -0.1) is 11.3 Å². The van der Waals surface area contributed by atoms with Gasteiger partial charge in [-0.25, -0.2) is 18.4 Å². The van der Waals surface area contributed by atoms with E-state index < -0.39 is 10.0 Å². The maximum absolute atomic E-state index is 13.1. The molecular formula is C22H22ClN7O4S2. The van der Waals surface area contributed by atoms with Crippen molar-refractivity contribution in [1.29, 1.82) is 0 Å². The van der Waals surface area contributed by atoms with Crippen LogP contribution in [-0.4, -0.2) is 71.9 Å². The van der Waals surface area contributed by atoms with Crippen LogP contribution < -0.4 is 10.0 Å². The number of sulfonamides is 1. The van der Waals surface area contributed by atoms with Crippen LogP contribution in [0.5, 0.6) is 0 Å². The predicted octanol–water partition coefficient (Wildman–Crippen LogP) is 3.19. The summed E-state index contributed by atoms with van der Waals surface area (Å²) in [4.78, 5) is 23.9. The molecule has 5 rings (SSSR count). The number of nitrogens with one attached hydrogen (secondary N) is 3. The first-order chi connectivity index (χ1) is 17.2. The number of hydrogen-bond donors (Lipinski definition) is 3. The first kappa shape index (κ1) is 24.6. The van der Waals surface area contributed by atoms with Crippen molar-refractivity contribution in [3.63, 3.8) is 0 Å². The van der Waals surface area contributed by atoms with Gasteiger partial charge in [-0.1, -0.05) is 11.6 Å². The van der Waals surface area contributed by atoms with Crippen LogP contribution in [-0.2, 0) is 21.3 Å². The minimum atomic E-state index is -3.55. The van der Waals surface area contributed by atoms with Crippen LogP contribution in [0.25, 0.3) is 22.0 Å². The molecule has 1 aliphatic rings. The first-order valence-electron chi connectivity index (χ1n) is 10.9. The average Bonchev–Trinajstić information content (AvgIpc) is 3.50. The summed E-state index contributed by atoms with van der Waals surface area (Å²) < 4.78 is 31.1. The highest BCUT2D eigenvalue weighted by Crippen LogP contribution is 2.33. The van der Waals surface area contributed by atoms with Crippen LogP contribution in [0.2, 0.25) is 5.15 Å². The van der Waals surface area contributed by atoms with Crippen molar-refractivity contribution < 1.29 is 17.9 Å². The van der Waals surface area contributed by atoms with E-state index in [1.54, 1.807) is 23.7 Å². The minimum Gasteiger partial charge on any atom is -0.379 e. The molecule has 3 N–H and O–H groups in total. The number of H-pyrrole nitrogens is 1. The highest BCUT2D eigenvalue weighted by atomic mass is 35.5. The van der Waals surface area contributed by atoms with Crippen LogP contribution >= 0.6 is 22.9 Å². The van der Waals surface area contributed by atoms with E-state index in [-0.39, 0.29) is 16.7 Å². The number of nitrogens with zero attached hydrogens (tertiary/aromatic N) is 4. The van der Waals surface area contributed by atoms with Gasteiger partial charge >= 0.3 is 0 Å². The molecule has 14 heteroatoms. The molecule has 0 saturated carbocycles. The molecule has 0 atom stereocenters. The van der Waals surface area contributed by atoms with E-state index in [1.165, 1.54) is 17.5 Å². The number of halogens is 1. The Hall–Kier alpha value is -3.10. The zero-order valence-corrected chi connectivity index (χ0v) is 21.5. The van der Waals surface area contributed by atoms with Crippen molar-refractivity contribution in [3.05, 3.63) is 51.8 Å². The van der Waals surface area contributed by atoms with Crippen LogP contribution in [0.1, 0.15) is 15.5 Å². The van der Waals surface area contributed by atoms with Crippen LogP contribution in [0, 0.1) is 0 Å². The van der Waals surface area contributed by atoms with Gasteiger partial charge in [0.2, 0.25) is 10.0 Å². The normalized spacial score (nSPS) is 14.7. The van der Waals surface area contributed by atoms with Crippen molar-refractivity contribution in [3.8, 4) is 11.1 Å². The van der Waals surface area contributed by atoms with Crippen molar-refractivity contribution in [2.24, 2.45) is 0 Å². The Morgan fingerprint density at radius 2 is 1.97 bits per heavy atom. The largest absolute Gasteiger partial charge is 0.379 e. The van der Waals surface area contributed by atoms with Gasteiger partial charge in [0.1, 0.15) is 10.7 Å². The number of carbonyl (C=O) groups is 1. The average molecular weight is 548 g/mol. The molecule has 0 aliphatic carbocycles. The van der Waals surface area contributed by atoms with E-state index in [9.17, 15) is 13.2 Å². The third-order valence-corrected chi connectivity index (χ3v) is 7.25. The Balaban J connectivity index is 1.41. The monoisotopic (exact) mass is 547 g/mol. The summed E-state index contributed by atoms with van der Waals surface area (Å²) in [6.45, 7) is 3.76. The maximum atomic E-state index is 13.1. The van der Waals surface area contributed by atoms with Gasteiger partial charge in [0.25, 0.3) is 5.91 Å². The summed E-state index contributed by atoms with van der Waals surface area (Å²) in [6, 6.07) is 5.18. The smallest absolute Gasteiger partial charge is 0.275 e. The Kier molecular flexibility index (Phi) is 6.90. The fraction of sp³-hybridized carbons (Fsp3) is 0.273. The van der Waals surface area contributed by atoms with E-state index in [0.29, 0.717) is 53.2 Å². The molecule has 11 nitrogen and oxygen atoms in total. The van der Waals surface area contributed by atoms with Gasteiger partial charge < -0.3 is 10.1 Å². The molecule has 0 spiro atoms. The second-order valence-corrected chi connectivity index (χ2v) is 11.3. The van der Waals surface area contributed by atoms with Gasteiger partial charge in [0, 0.05) is 35.6 Å². The number of pyridine rings is 1. The fourth-order valence-corrected chi connectivity index (χ4v) is 5.40. The van der Waals surface area contributed by atoms with Gasteiger partial charge in [-0.05, 0) is 23.8 Å². The number of anilines is 2. The van der Waals surface area contributed by atoms with E-state index in [0.717, 1.165) is 24.4 Å². The number of benzene rings is 1. The molecule has 0 radical (unpaired) electrons. The topological polar surface area (TPSA) is 142 Å². The predicted molar refractivity (Wildman–Crippen MR) is 139 cm³/mol. The molecule has 36 heavy (non-hydrogen) atoms. The molecule has 188 valence electrons. The lowest BCUT2D eigenvalue weighted by Crippen LogP contribution is -2.35. The number of rotatable bonds is 7. The quantitative estimate of drug-likeness (QED) is 0.299. The fourth-order valence-electron chi connectivity index (χ4n) is 3.82. The summed E-state index contributed by atoms with van der Waals surface area (Å²) in [7, 11) is -3.55. The molecule has 4 heterocycles. The summed E-state index contributed by atoms with van der Waals surface area (Å²) >= 11 is 7.52. The summed E-state index contributed by atoms with van der Waals surface area (Å²) in [5.74, 6) is -0.340. The third-order valence-electron chi connectivity index (χ3n) is 5.52. The van der Waals surface area contributed by atoms with Gasteiger partial charge in [0.15, 0.2) is 5.15 Å². The van der Waals surface area contributed by atoms with Crippen LogP contribution in [0.4, 0.5) is 11.4 Å². The lowest BCUT2D eigenvalue weighted by molar-refractivity contribution is 0.0341. The Morgan fingerprint density at radius 1 is 1.19 bits per heavy atom. The summed E-state index contributed by atoms with van der Waals surface area (Å²) in [5, 5.41) is 13.3. The third kappa shape index (κ3) is 5.65. The Labute approximate surface area is 215 Å². The summed E-state index contributed by atoms with van der Waals surface area (Å²) in [6.07, 6.45) is 4.18. The standard InChI is InChI=1S/C22H22ClN7O4S2/c1-36(32,33)29-18-8-14(9-24-21(18)23)13-6-16(15-10-25-28-17(15)7-13)27-22(31)19-12-35-20(26-19)11-30-2-4-34-5-3-30/h6-10,12,29H,2-5,11H2,1H3,(H,25,28)(H,27,31). The second kappa shape index (κ2) is 10.1. The lowest BCUT2D eigenvalue weighted by atomic mass is 10.0. The molecule has 1 aromatic carbocycles. The summed E-state index contributed by atoms with van der Waals surface area (Å²) in [5.41, 5.74) is 2.96. The number of aromatic amines is 1. The minimum absolute atomic E-state index is 0.0248. The maximum Gasteiger partial charge on any atom is 0.275 e. The number of ether oxygens (including phenoxy) is 1. The number of thiazole rings is 1. The lowest BCUT2D eigenvalue weighted by Gasteiger charge is -2.25. The van der Waals surface area contributed by atoms with Gasteiger partial charge in [0.05, 0.1) is 49.1 Å². The molecule has 0 unspecified atom stereocenters. The molecule has 1 fully saturated rings. The Morgan fingerprint density at radius 3 is 2.75 bits per heavy atom. The highest BCUT2D eigenvalue weighted by molar-refractivity contribution is 7.92. The SMILES string of the molecule is CS(=O)(=O)Nc1cc(-c2cc(NC(=O)c3csc(CN4CCOCC4)n3)c3cn[nH]c3c2)cnc1Cl. The highest BCUT2D eigenvalue weighted by Gasteiger charge is 2.18. The van der Waals surface area contributed by atoms with Crippen molar-refractivity contribution >= 4 is 61.1 Å². The number of hydrogen-bond acceptors (Lipinski definition) is 9. The number of fused-ring (bicyclic) bond motifs is 1. The van der Waals surface area contributed by atoms with E-state index in [2.05, 4.69) is 35.1 Å². The molecule has 1 amide bonds. The molecule has 1 aliphatic heterocycles.